The van der Waals surface area contributed by atoms with Crippen LogP contribution in [0.2, 0.25) is 0 Å². The number of hydrogen-bond acceptors (Lipinski definition) is 6. The minimum absolute atomic E-state index is 0.0524. The summed E-state index contributed by atoms with van der Waals surface area (Å²) < 4.78 is 40.2. The van der Waals surface area contributed by atoms with Gasteiger partial charge in [-0.2, -0.15) is 0 Å². The number of carbonyl (C=O) groups excluding carboxylic acids is 1. The zero-order valence-electron chi connectivity index (χ0n) is 14.0. The zero-order chi connectivity index (χ0) is 18.7. The first kappa shape index (κ1) is 17.8. The molecule has 26 heavy (non-hydrogen) atoms. The van der Waals surface area contributed by atoms with Crippen molar-refractivity contribution in [3.05, 3.63) is 54.3 Å². The lowest BCUT2D eigenvalue weighted by Gasteiger charge is -2.08. The molecule has 1 aromatic heterocycles. The van der Waals surface area contributed by atoms with Gasteiger partial charge in [-0.05, 0) is 24.3 Å². The number of ether oxygens (including phenoxy) is 2. The van der Waals surface area contributed by atoms with E-state index in [1.54, 1.807) is 24.3 Å². The summed E-state index contributed by atoms with van der Waals surface area (Å²) in [5, 5.41) is 0.658. The van der Waals surface area contributed by atoms with Gasteiger partial charge >= 0.3 is 5.91 Å². The van der Waals surface area contributed by atoms with E-state index in [-0.39, 0.29) is 10.7 Å². The van der Waals surface area contributed by atoms with Crippen molar-refractivity contribution in [3.8, 4) is 11.5 Å². The van der Waals surface area contributed by atoms with Gasteiger partial charge in [0.1, 0.15) is 5.75 Å². The Morgan fingerprint density at radius 1 is 1.04 bits per heavy atom. The Kier molecular flexibility index (Phi) is 4.83. The molecule has 2 aromatic carbocycles. The summed E-state index contributed by atoms with van der Waals surface area (Å²) in [6, 6.07) is 12.5. The Hall–Kier alpha value is -3.04. The van der Waals surface area contributed by atoms with Crippen LogP contribution < -0.4 is 19.7 Å². The van der Waals surface area contributed by atoms with Gasteiger partial charge in [-0.3, -0.25) is 10.2 Å². The summed E-state index contributed by atoms with van der Waals surface area (Å²) in [5.41, 5.74) is 2.52. The monoisotopic (exact) mass is 376 g/mol. The van der Waals surface area contributed by atoms with Crippen molar-refractivity contribution in [3.63, 3.8) is 0 Å². The van der Waals surface area contributed by atoms with Gasteiger partial charge in [-0.25, -0.2) is 8.42 Å². The lowest BCUT2D eigenvalue weighted by Crippen LogP contribution is -2.41. The predicted molar refractivity (Wildman–Crippen MR) is 93.5 cm³/mol. The van der Waals surface area contributed by atoms with Crippen molar-refractivity contribution in [2.75, 3.05) is 14.2 Å². The van der Waals surface area contributed by atoms with Crippen molar-refractivity contribution in [2.45, 2.75) is 4.90 Å². The molecule has 0 atom stereocenters. The van der Waals surface area contributed by atoms with Crippen molar-refractivity contribution in [1.29, 1.82) is 0 Å². The molecule has 1 amide bonds. The van der Waals surface area contributed by atoms with Crippen LogP contribution in [0.15, 0.2) is 57.8 Å². The van der Waals surface area contributed by atoms with Crippen LogP contribution >= 0.6 is 0 Å². The maximum absolute atomic E-state index is 12.3. The van der Waals surface area contributed by atoms with Crippen LogP contribution in [0.3, 0.4) is 0 Å². The molecular formula is C17H16N2O6S. The first-order valence-electron chi connectivity index (χ1n) is 7.47. The third-order valence-electron chi connectivity index (χ3n) is 3.60. The van der Waals surface area contributed by atoms with Crippen molar-refractivity contribution < 1.29 is 27.1 Å². The number of methoxy groups -OCH3 is 2. The van der Waals surface area contributed by atoms with Gasteiger partial charge in [0.25, 0.3) is 10.0 Å². The first-order chi connectivity index (χ1) is 12.4. The van der Waals surface area contributed by atoms with Crippen LogP contribution in [0, 0.1) is 0 Å². The molecule has 0 aliphatic rings. The van der Waals surface area contributed by atoms with Crippen LogP contribution in [-0.2, 0) is 10.0 Å². The molecule has 0 spiro atoms. The van der Waals surface area contributed by atoms with E-state index in [1.807, 2.05) is 4.83 Å². The van der Waals surface area contributed by atoms with Gasteiger partial charge in [0.05, 0.1) is 19.1 Å². The Bertz CT molecular complexity index is 1060. The van der Waals surface area contributed by atoms with Gasteiger partial charge in [-0.15, -0.1) is 4.83 Å². The number of hydrazine groups is 1. The van der Waals surface area contributed by atoms with Gasteiger partial charge in [0.15, 0.2) is 17.1 Å². The fraction of sp³-hybridized carbons (Fsp3) is 0.118. The van der Waals surface area contributed by atoms with E-state index in [0.717, 1.165) is 0 Å². The third-order valence-corrected chi connectivity index (χ3v) is 4.85. The average molecular weight is 376 g/mol. The number of nitrogens with one attached hydrogen (secondary N) is 2. The molecule has 8 nitrogen and oxygen atoms in total. The number of rotatable bonds is 6. The largest absolute Gasteiger partial charge is 0.497 e. The van der Waals surface area contributed by atoms with Crippen molar-refractivity contribution in [1.82, 2.24) is 10.3 Å². The Labute approximate surface area is 149 Å². The minimum Gasteiger partial charge on any atom is -0.497 e. The number of hydrogen-bond donors (Lipinski definition) is 2. The molecule has 1 heterocycles. The number of para-hydroxylation sites is 1. The van der Waals surface area contributed by atoms with Gasteiger partial charge < -0.3 is 13.9 Å². The highest BCUT2D eigenvalue weighted by Gasteiger charge is 2.19. The summed E-state index contributed by atoms with van der Waals surface area (Å²) in [7, 11) is -1.05. The second kappa shape index (κ2) is 7.06. The molecule has 136 valence electrons. The van der Waals surface area contributed by atoms with E-state index >= 15 is 0 Å². The van der Waals surface area contributed by atoms with E-state index in [1.165, 1.54) is 38.5 Å². The SMILES string of the molecule is COc1cccc(S(=O)(=O)NNC(=O)c2cc3cccc(OC)c3o2)c1. The number of benzene rings is 2. The second-order valence-electron chi connectivity index (χ2n) is 5.23. The molecule has 3 aromatic rings. The summed E-state index contributed by atoms with van der Waals surface area (Å²) in [5.74, 6) is 0.0506. The second-order valence-corrected chi connectivity index (χ2v) is 6.91. The fourth-order valence-electron chi connectivity index (χ4n) is 2.31. The normalized spacial score (nSPS) is 11.3. The average Bonchev–Trinajstić information content (AvgIpc) is 3.10. The quantitative estimate of drug-likeness (QED) is 0.638. The van der Waals surface area contributed by atoms with Gasteiger partial charge in [0, 0.05) is 11.5 Å². The molecule has 2 N–H and O–H groups in total. The van der Waals surface area contributed by atoms with E-state index in [2.05, 4.69) is 5.43 Å². The molecule has 0 bridgehead atoms. The first-order valence-corrected chi connectivity index (χ1v) is 8.95. The van der Waals surface area contributed by atoms with Gasteiger partial charge in [0.2, 0.25) is 0 Å². The van der Waals surface area contributed by atoms with Crippen LogP contribution in [-0.4, -0.2) is 28.5 Å². The molecule has 9 heteroatoms. The smallest absolute Gasteiger partial charge is 0.301 e. The number of carbonyl (C=O) groups is 1. The van der Waals surface area contributed by atoms with Crippen LogP contribution in [0.25, 0.3) is 11.0 Å². The van der Waals surface area contributed by atoms with Crippen molar-refractivity contribution in [2.24, 2.45) is 0 Å². The minimum atomic E-state index is -3.97. The molecule has 0 saturated heterocycles. The predicted octanol–water partition coefficient (Wildman–Crippen LogP) is 2.07. The molecular weight excluding hydrogens is 360 g/mol. The third kappa shape index (κ3) is 3.48. The number of furan rings is 1. The standard InChI is InChI=1S/C17H16N2O6S/c1-23-12-6-4-7-13(10-12)26(21,22)19-18-17(20)15-9-11-5-3-8-14(24-2)16(11)25-15/h3-10,19H,1-2H3,(H,18,20). The summed E-state index contributed by atoms with van der Waals surface area (Å²) in [6.07, 6.45) is 0. The molecule has 0 aliphatic carbocycles. The van der Waals surface area contributed by atoms with E-state index in [9.17, 15) is 13.2 Å². The zero-order valence-corrected chi connectivity index (χ0v) is 14.8. The topological polar surface area (TPSA) is 107 Å². The van der Waals surface area contributed by atoms with Crippen molar-refractivity contribution >= 4 is 26.9 Å². The summed E-state index contributed by atoms with van der Waals surface area (Å²) in [4.78, 5) is 14.2. The Morgan fingerprint density at radius 2 is 1.81 bits per heavy atom. The Morgan fingerprint density at radius 3 is 2.54 bits per heavy atom. The van der Waals surface area contributed by atoms with Crippen LogP contribution in [0.4, 0.5) is 0 Å². The van der Waals surface area contributed by atoms with Crippen LogP contribution in [0.5, 0.6) is 11.5 Å². The molecule has 0 unspecified atom stereocenters. The van der Waals surface area contributed by atoms with E-state index < -0.39 is 15.9 Å². The highest BCUT2D eigenvalue weighted by molar-refractivity contribution is 7.89. The Balaban J connectivity index is 1.78. The summed E-state index contributed by atoms with van der Waals surface area (Å²) in [6.45, 7) is 0. The lowest BCUT2D eigenvalue weighted by molar-refractivity contribution is 0.0919. The van der Waals surface area contributed by atoms with Gasteiger partial charge in [-0.1, -0.05) is 18.2 Å². The number of sulfonamides is 1. The maximum Gasteiger partial charge on any atom is 0.301 e. The maximum atomic E-state index is 12.3. The highest BCUT2D eigenvalue weighted by Crippen LogP contribution is 2.28. The lowest BCUT2D eigenvalue weighted by atomic mass is 10.2. The van der Waals surface area contributed by atoms with Crippen LogP contribution in [0.1, 0.15) is 10.6 Å². The number of fused-ring (bicyclic) bond motifs is 1. The molecule has 0 fully saturated rings. The highest BCUT2D eigenvalue weighted by atomic mass is 32.2. The molecule has 0 radical (unpaired) electrons. The molecule has 3 rings (SSSR count). The summed E-state index contributed by atoms with van der Waals surface area (Å²) >= 11 is 0. The number of amides is 1. The molecule has 0 aliphatic heterocycles. The van der Waals surface area contributed by atoms with E-state index in [4.69, 9.17) is 13.9 Å². The van der Waals surface area contributed by atoms with E-state index in [0.29, 0.717) is 22.5 Å². The molecule has 0 saturated carbocycles. The fourth-order valence-corrected chi connectivity index (χ4v) is 3.19.